The smallest absolute Gasteiger partial charge is 0.123 e. The van der Waals surface area contributed by atoms with Crippen molar-refractivity contribution in [3.63, 3.8) is 0 Å². The molecule has 0 bridgehead atoms. The van der Waals surface area contributed by atoms with Crippen LogP contribution in [-0.2, 0) is 6.42 Å². The minimum absolute atomic E-state index is 0.135. The minimum atomic E-state index is -0.135. The average molecular weight is 277 g/mol. The van der Waals surface area contributed by atoms with Gasteiger partial charge in [0.25, 0.3) is 0 Å². The number of nitrogens with one attached hydrogen (secondary N) is 1. The Labute approximate surface area is 123 Å². The van der Waals surface area contributed by atoms with E-state index >= 15 is 0 Å². The first kappa shape index (κ1) is 15.5. The molecule has 20 heavy (non-hydrogen) atoms. The van der Waals surface area contributed by atoms with Crippen molar-refractivity contribution >= 4 is 0 Å². The summed E-state index contributed by atoms with van der Waals surface area (Å²) in [6.07, 6.45) is 7.53. The molecule has 1 aromatic carbocycles. The first-order valence-corrected chi connectivity index (χ1v) is 8.20. The largest absolute Gasteiger partial charge is 0.314 e. The third kappa shape index (κ3) is 4.31. The second-order valence-electron chi connectivity index (χ2n) is 6.24. The van der Waals surface area contributed by atoms with Crippen LogP contribution in [0.25, 0.3) is 0 Å². The summed E-state index contributed by atoms with van der Waals surface area (Å²) in [5.41, 5.74) is 1.27. The van der Waals surface area contributed by atoms with Gasteiger partial charge in [-0.05, 0) is 68.2 Å². The maximum atomic E-state index is 13.0. The Morgan fingerprint density at radius 3 is 2.55 bits per heavy atom. The summed E-state index contributed by atoms with van der Waals surface area (Å²) in [7, 11) is 0. The third-order valence-electron chi connectivity index (χ3n) is 4.74. The lowest BCUT2D eigenvalue weighted by molar-refractivity contribution is 0.198. The lowest BCUT2D eigenvalue weighted by Gasteiger charge is -2.37. The standard InChI is InChI=1S/C18H28FN/c1-3-11-20-18-10-7-14(4-2)12-16(18)13-15-5-8-17(19)9-6-15/h5-6,8-9,14,16,18,20H,3-4,7,10-13H2,1-2H3. The average Bonchev–Trinajstić information content (AvgIpc) is 2.48. The number of benzene rings is 1. The van der Waals surface area contributed by atoms with Crippen LogP contribution in [0.3, 0.4) is 0 Å². The summed E-state index contributed by atoms with van der Waals surface area (Å²) in [4.78, 5) is 0. The molecule has 0 radical (unpaired) electrons. The number of hydrogen-bond acceptors (Lipinski definition) is 1. The van der Waals surface area contributed by atoms with Gasteiger partial charge < -0.3 is 5.32 Å². The van der Waals surface area contributed by atoms with Crippen molar-refractivity contribution < 1.29 is 4.39 Å². The Hall–Kier alpha value is -0.890. The summed E-state index contributed by atoms with van der Waals surface area (Å²) >= 11 is 0. The van der Waals surface area contributed by atoms with Gasteiger partial charge in [-0.3, -0.25) is 0 Å². The molecule has 0 saturated heterocycles. The highest BCUT2D eigenvalue weighted by atomic mass is 19.1. The molecule has 1 aliphatic carbocycles. The maximum Gasteiger partial charge on any atom is 0.123 e. The predicted molar refractivity (Wildman–Crippen MR) is 83.3 cm³/mol. The fraction of sp³-hybridized carbons (Fsp3) is 0.667. The monoisotopic (exact) mass is 277 g/mol. The molecule has 0 heterocycles. The molecule has 3 unspecified atom stereocenters. The van der Waals surface area contributed by atoms with E-state index in [-0.39, 0.29) is 5.82 Å². The quantitative estimate of drug-likeness (QED) is 0.803. The van der Waals surface area contributed by atoms with Crippen LogP contribution < -0.4 is 5.32 Å². The first-order chi connectivity index (χ1) is 9.72. The zero-order chi connectivity index (χ0) is 14.4. The Morgan fingerprint density at radius 2 is 1.90 bits per heavy atom. The summed E-state index contributed by atoms with van der Waals surface area (Å²) < 4.78 is 13.0. The van der Waals surface area contributed by atoms with E-state index in [1.54, 1.807) is 12.1 Å². The number of halogens is 1. The fourth-order valence-electron chi connectivity index (χ4n) is 3.48. The van der Waals surface area contributed by atoms with Crippen molar-refractivity contribution in [1.29, 1.82) is 0 Å². The summed E-state index contributed by atoms with van der Waals surface area (Å²) in [6, 6.07) is 7.71. The predicted octanol–water partition coefficient (Wildman–Crippen LogP) is 4.56. The minimum Gasteiger partial charge on any atom is -0.314 e. The van der Waals surface area contributed by atoms with E-state index in [4.69, 9.17) is 0 Å². The molecular weight excluding hydrogens is 249 g/mol. The van der Waals surface area contributed by atoms with Crippen LogP contribution in [0, 0.1) is 17.7 Å². The van der Waals surface area contributed by atoms with Crippen LogP contribution in [0.2, 0.25) is 0 Å². The van der Waals surface area contributed by atoms with Gasteiger partial charge in [-0.1, -0.05) is 32.4 Å². The Morgan fingerprint density at radius 1 is 1.15 bits per heavy atom. The molecule has 112 valence electrons. The Balaban J connectivity index is 2.00. The molecule has 1 aliphatic rings. The summed E-state index contributed by atoms with van der Waals surface area (Å²) in [5, 5.41) is 3.72. The normalized spacial score (nSPS) is 26.6. The second kappa shape index (κ2) is 7.78. The van der Waals surface area contributed by atoms with Crippen LogP contribution in [0.5, 0.6) is 0 Å². The second-order valence-corrected chi connectivity index (χ2v) is 6.24. The molecule has 3 atom stereocenters. The zero-order valence-corrected chi connectivity index (χ0v) is 12.9. The zero-order valence-electron chi connectivity index (χ0n) is 12.9. The van der Waals surface area contributed by atoms with Crippen LogP contribution in [-0.4, -0.2) is 12.6 Å². The molecular formula is C18H28FN. The van der Waals surface area contributed by atoms with Crippen molar-refractivity contribution in [3.8, 4) is 0 Å². The van der Waals surface area contributed by atoms with Crippen LogP contribution >= 0.6 is 0 Å². The van der Waals surface area contributed by atoms with Crippen molar-refractivity contribution in [2.45, 2.75) is 58.4 Å². The van der Waals surface area contributed by atoms with Crippen LogP contribution in [0.15, 0.2) is 24.3 Å². The molecule has 0 amide bonds. The lowest BCUT2D eigenvalue weighted by atomic mass is 9.74. The van der Waals surface area contributed by atoms with E-state index in [0.29, 0.717) is 12.0 Å². The number of hydrogen-bond donors (Lipinski definition) is 1. The highest BCUT2D eigenvalue weighted by Gasteiger charge is 2.29. The first-order valence-electron chi connectivity index (χ1n) is 8.20. The lowest BCUT2D eigenvalue weighted by Crippen LogP contribution is -2.41. The molecule has 1 aromatic rings. The maximum absolute atomic E-state index is 13.0. The van der Waals surface area contributed by atoms with E-state index < -0.39 is 0 Å². The van der Waals surface area contributed by atoms with Gasteiger partial charge in [0.05, 0.1) is 0 Å². The van der Waals surface area contributed by atoms with E-state index in [1.807, 2.05) is 12.1 Å². The van der Waals surface area contributed by atoms with Gasteiger partial charge in [0.1, 0.15) is 5.82 Å². The highest BCUT2D eigenvalue weighted by Crippen LogP contribution is 2.33. The van der Waals surface area contributed by atoms with Crippen LogP contribution in [0.1, 0.15) is 51.5 Å². The molecule has 1 fully saturated rings. The highest BCUT2D eigenvalue weighted by molar-refractivity contribution is 5.17. The summed E-state index contributed by atoms with van der Waals surface area (Å²) in [6.45, 7) is 5.64. The van der Waals surface area contributed by atoms with Gasteiger partial charge in [0, 0.05) is 6.04 Å². The topological polar surface area (TPSA) is 12.0 Å². The molecule has 0 spiro atoms. The van der Waals surface area contributed by atoms with Gasteiger partial charge in [-0.2, -0.15) is 0 Å². The molecule has 2 heteroatoms. The fourth-order valence-corrected chi connectivity index (χ4v) is 3.48. The van der Waals surface area contributed by atoms with E-state index in [1.165, 1.54) is 37.7 Å². The third-order valence-corrected chi connectivity index (χ3v) is 4.74. The van der Waals surface area contributed by atoms with E-state index in [2.05, 4.69) is 19.2 Å². The molecule has 1 N–H and O–H groups in total. The van der Waals surface area contributed by atoms with Crippen molar-refractivity contribution in [1.82, 2.24) is 5.32 Å². The van der Waals surface area contributed by atoms with E-state index in [9.17, 15) is 4.39 Å². The number of rotatable bonds is 6. The van der Waals surface area contributed by atoms with Gasteiger partial charge >= 0.3 is 0 Å². The Bertz CT molecular complexity index is 387. The van der Waals surface area contributed by atoms with E-state index in [0.717, 1.165) is 18.9 Å². The van der Waals surface area contributed by atoms with Gasteiger partial charge in [0.2, 0.25) is 0 Å². The van der Waals surface area contributed by atoms with Crippen molar-refractivity contribution in [2.75, 3.05) is 6.54 Å². The molecule has 1 nitrogen and oxygen atoms in total. The van der Waals surface area contributed by atoms with Gasteiger partial charge in [-0.15, -0.1) is 0 Å². The summed E-state index contributed by atoms with van der Waals surface area (Å²) in [5.74, 6) is 1.44. The van der Waals surface area contributed by atoms with Crippen LogP contribution in [0.4, 0.5) is 4.39 Å². The molecule has 0 aromatic heterocycles. The van der Waals surface area contributed by atoms with Gasteiger partial charge in [-0.25, -0.2) is 4.39 Å². The molecule has 0 aliphatic heterocycles. The van der Waals surface area contributed by atoms with Gasteiger partial charge in [0.15, 0.2) is 0 Å². The Kier molecular flexibility index (Phi) is 6.03. The molecule has 1 saturated carbocycles. The SMILES string of the molecule is CCCNC1CCC(CC)CC1Cc1ccc(F)cc1. The van der Waals surface area contributed by atoms with Crippen molar-refractivity contribution in [2.24, 2.45) is 11.8 Å². The van der Waals surface area contributed by atoms with Crippen molar-refractivity contribution in [3.05, 3.63) is 35.6 Å². The molecule has 2 rings (SSSR count).